The number of rotatable bonds is 7. The second-order valence-corrected chi connectivity index (χ2v) is 5.28. The number of nitriles is 1. The molecule has 0 aliphatic heterocycles. The first kappa shape index (κ1) is 15.5. The summed E-state index contributed by atoms with van der Waals surface area (Å²) in [6.07, 6.45) is 1.78. The van der Waals surface area contributed by atoms with E-state index in [1.54, 1.807) is 24.1 Å². The first-order chi connectivity index (χ1) is 10.2. The predicted octanol–water partition coefficient (Wildman–Crippen LogP) is 1.32. The molecule has 21 heavy (non-hydrogen) atoms. The molecule has 0 radical (unpaired) electrons. The van der Waals surface area contributed by atoms with Crippen LogP contribution in [0, 0.1) is 11.3 Å². The van der Waals surface area contributed by atoms with Crippen LogP contribution in [0.4, 0.5) is 0 Å². The summed E-state index contributed by atoms with van der Waals surface area (Å²) in [6, 6.07) is 9.57. The minimum Gasteiger partial charge on any atom is -0.395 e. The molecule has 1 saturated carbocycles. The number of benzene rings is 1. The van der Waals surface area contributed by atoms with Gasteiger partial charge in [0.15, 0.2) is 0 Å². The largest absolute Gasteiger partial charge is 0.395 e. The molecule has 0 atom stereocenters. The van der Waals surface area contributed by atoms with E-state index in [1.807, 2.05) is 12.1 Å². The van der Waals surface area contributed by atoms with Gasteiger partial charge in [-0.05, 0) is 30.5 Å². The van der Waals surface area contributed by atoms with E-state index in [-0.39, 0.29) is 24.5 Å². The molecule has 5 heteroatoms. The molecule has 1 aromatic carbocycles. The van der Waals surface area contributed by atoms with Gasteiger partial charge in [0, 0.05) is 25.8 Å². The molecule has 5 nitrogen and oxygen atoms in total. The normalized spacial score (nSPS) is 15.3. The van der Waals surface area contributed by atoms with E-state index in [4.69, 9.17) is 9.84 Å². The van der Waals surface area contributed by atoms with Gasteiger partial charge in [-0.25, -0.2) is 0 Å². The van der Waals surface area contributed by atoms with Crippen LogP contribution in [0.5, 0.6) is 0 Å². The topological polar surface area (TPSA) is 73.6 Å². The fourth-order valence-corrected chi connectivity index (χ4v) is 2.34. The third-order valence-corrected chi connectivity index (χ3v) is 3.87. The summed E-state index contributed by atoms with van der Waals surface area (Å²) in [6.45, 7) is 1.08. The first-order valence-electron chi connectivity index (χ1n) is 7.08. The summed E-state index contributed by atoms with van der Waals surface area (Å²) in [5, 5.41) is 18.2. The Morgan fingerprint density at radius 1 is 1.38 bits per heavy atom. The van der Waals surface area contributed by atoms with Crippen LogP contribution in [-0.2, 0) is 10.2 Å². The molecule has 1 aromatic rings. The highest BCUT2D eigenvalue weighted by Gasteiger charge is 2.44. The number of hydrogen-bond donors (Lipinski definition) is 1. The number of carbonyl (C=O) groups excluding carboxylic acids is 1. The van der Waals surface area contributed by atoms with Crippen molar-refractivity contribution in [3.63, 3.8) is 0 Å². The van der Waals surface area contributed by atoms with E-state index in [0.717, 1.165) is 18.4 Å². The van der Waals surface area contributed by atoms with Crippen LogP contribution < -0.4 is 0 Å². The second kappa shape index (κ2) is 6.70. The molecule has 0 heterocycles. The third kappa shape index (κ3) is 3.41. The Hall–Kier alpha value is -1.90. The van der Waals surface area contributed by atoms with Crippen LogP contribution in [0.3, 0.4) is 0 Å². The van der Waals surface area contributed by atoms with E-state index < -0.39 is 0 Å². The number of carbonyl (C=O) groups is 1. The quantitative estimate of drug-likeness (QED) is 0.821. The van der Waals surface area contributed by atoms with E-state index in [2.05, 4.69) is 6.07 Å². The Morgan fingerprint density at radius 2 is 2.05 bits per heavy atom. The Balaban J connectivity index is 2.09. The standard InChI is InChI=1S/C16H20N2O3/c1-21-11-9-18(8-10-19)15(20)13-2-4-14(5-3-13)16(12-17)6-7-16/h2-5,19H,6-11H2,1H3. The number of amides is 1. The van der Waals surface area contributed by atoms with Gasteiger partial charge in [-0.2, -0.15) is 5.26 Å². The van der Waals surface area contributed by atoms with E-state index >= 15 is 0 Å². The van der Waals surface area contributed by atoms with Gasteiger partial charge in [0.25, 0.3) is 5.91 Å². The zero-order valence-corrected chi connectivity index (χ0v) is 12.2. The van der Waals surface area contributed by atoms with Gasteiger partial charge in [0.2, 0.25) is 0 Å². The SMILES string of the molecule is COCCN(CCO)C(=O)c1ccc(C2(C#N)CC2)cc1. The minimum atomic E-state index is -0.331. The predicted molar refractivity (Wildman–Crippen MR) is 77.8 cm³/mol. The molecular weight excluding hydrogens is 268 g/mol. The van der Waals surface area contributed by atoms with Gasteiger partial charge < -0.3 is 14.7 Å². The summed E-state index contributed by atoms with van der Waals surface area (Å²) in [5.74, 6) is -0.130. The highest BCUT2D eigenvalue weighted by Crippen LogP contribution is 2.47. The maximum absolute atomic E-state index is 12.4. The zero-order valence-electron chi connectivity index (χ0n) is 12.2. The number of aliphatic hydroxyl groups excluding tert-OH is 1. The van der Waals surface area contributed by atoms with Crippen LogP contribution in [0.2, 0.25) is 0 Å². The molecule has 0 spiro atoms. The molecular formula is C16H20N2O3. The van der Waals surface area contributed by atoms with Gasteiger partial charge in [0.05, 0.1) is 24.7 Å². The summed E-state index contributed by atoms with van der Waals surface area (Å²) < 4.78 is 4.98. The van der Waals surface area contributed by atoms with Crippen molar-refractivity contribution in [2.75, 3.05) is 33.4 Å². The highest BCUT2D eigenvalue weighted by atomic mass is 16.5. The lowest BCUT2D eigenvalue weighted by atomic mass is 9.96. The Morgan fingerprint density at radius 3 is 2.52 bits per heavy atom. The first-order valence-corrected chi connectivity index (χ1v) is 7.08. The lowest BCUT2D eigenvalue weighted by molar-refractivity contribution is 0.0656. The van der Waals surface area contributed by atoms with Crippen molar-refractivity contribution in [1.82, 2.24) is 4.90 Å². The highest BCUT2D eigenvalue weighted by molar-refractivity contribution is 5.94. The Kier molecular flexibility index (Phi) is 4.94. The van der Waals surface area contributed by atoms with Crippen LogP contribution in [0.15, 0.2) is 24.3 Å². The van der Waals surface area contributed by atoms with Gasteiger partial charge in [0.1, 0.15) is 0 Å². The number of methoxy groups -OCH3 is 1. The van der Waals surface area contributed by atoms with Crippen molar-refractivity contribution < 1.29 is 14.6 Å². The van der Waals surface area contributed by atoms with Crippen molar-refractivity contribution in [3.05, 3.63) is 35.4 Å². The second-order valence-electron chi connectivity index (χ2n) is 5.28. The fraction of sp³-hybridized carbons (Fsp3) is 0.500. The maximum atomic E-state index is 12.4. The summed E-state index contributed by atoms with van der Waals surface area (Å²) >= 11 is 0. The van der Waals surface area contributed by atoms with Gasteiger partial charge in [-0.15, -0.1) is 0 Å². The van der Waals surface area contributed by atoms with Crippen LogP contribution in [-0.4, -0.2) is 49.3 Å². The van der Waals surface area contributed by atoms with Crippen LogP contribution >= 0.6 is 0 Å². The molecule has 0 aromatic heterocycles. The van der Waals surface area contributed by atoms with Crippen molar-refractivity contribution in [3.8, 4) is 6.07 Å². The third-order valence-electron chi connectivity index (χ3n) is 3.87. The van der Waals surface area contributed by atoms with Crippen molar-refractivity contribution in [1.29, 1.82) is 5.26 Å². The molecule has 1 amide bonds. The van der Waals surface area contributed by atoms with E-state index in [0.29, 0.717) is 18.7 Å². The smallest absolute Gasteiger partial charge is 0.254 e. The zero-order chi connectivity index (χ0) is 15.3. The lowest BCUT2D eigenvalue weighted by Gasteiger charge is -2.21. The van der Waals surface area contributed by atoms with E-state index in [9.17, 15) is 10.1 Å². The van der Waals surface area contributed by atoms with Crippen LogP contribution in [0.25, 0.3) is 0 Å². The average molecular weight is 288 g/mol. The molecule has 1 aliphatic rings. The van der Waals surface area contributed by atoms with Gasteiger partial charge >= 0.3 is 0 Å². The number of nitrogens with zero attached hydrogens (tertiary/aromatic N) is 2. The fourth-order valence-electron chi connectivity index (χ4n) is 2.34. The van der Waals surface area contributed by atoms with Crippen molar-refractivity contribution in [2.45, 2.75) is 18.3 Å². The number of ether oxygens (including phenoxy) is 1. The summed E-state index contributed by atoms with van der Waals surface area (Å²) in [7, 11) is 1.58. The molecule has 0 saturated heterocycles. The summed E-state index contributed by atoms with van der Waals surface area (Å²) in [5.41, 5.74) is 1.21. The van der Waals surface area contributed by atoms with Gasteiger partial charge in [-0.1, -0.05) is 12.1 Å². The molecule has 1 fully saturated rings. The van der Waals surface area contributed by atoms with Crippen molar-refractivity contribution in [2.24, 2.45) is 0 Å². The Labute approximate surface area is 124 Å². The van der Waals surface area contributed by atoms with Gasteiger partial charge in [-0.3, -0.25) is 4.79 Å². The molecule has 1 N–H and O–H groups in total. The molecule has 0 bridgehead atoms. The molecule has 1 aliphatic carbocycles. The Bertz CT molecular complexity index is 529. The maximum Gasteiger partial charge on any atom is 0.254 e. The van der Waals surface area contributed by atoms with Crippen LogP contribution in [0.1, 0.15) is 28.8 Å². The monoisotopic (exact) mass is 288 g/mol. The minimum absolute atomic E-state index is 0.0783. The number of aliphatic hydroxyl groups is 1. The molecule has 0 unspecified atom stereocenters. The number of hydrogen-bond acceptors (Lipinski definition) is 4. The summed E-state index contributed by atoms with van der Waals surface area (Å²) in [4.78, 5) is 13.9. The van der Waals surface area contributed by atoms with E-state index in [1.165, 1.54) is 0 Å². The lowest BCUT2D eigenvalue weighted by Crippen LogP contribution is -2.36. The van der Waals surface area contributed by atoms with Crippen molar-refractivity contribution >= 4 is 5.91 Å². The molecule has 112 valence electrons. The average Bonchev–Trinajstić information content (AvgIpc) is 3.32. The molecule has 2 rings (SSSR count).